The molecule has 82 valence electrons. The lowest BCUT2D eigenvalue weighted by molar-refractivity contribution is -0.912. The molecule has 3 heteroatoms. The van der Waals surface area contributed by atoms with Crippen LogP contribution < -0.4 is 9.64 Å². The Morgan fingerprint density at radius 1 is 1.47 bits per heavy atom. The molecule has 0 aromatic heterocycles. The van der Waals surface area contributed by atoms with E-state index in [2.05, 4.69) is 14.0 Å². The number of hydrogen-bond donors (Lipinski definition) is 2. The van der Waals surface area contributed by atoms with Crippen molar-refractivity contribution in [3.63, 3.8) is 0 Å². The summed E-state index contributed by atoms with van der Waals surface area (Å²) in [6, 6.07) is 4.26. The maximum atomic E-state index is 9.74. The van der Waals surface area contributed by atoms with Crippen molar-refractivity contribution in [1.29, 1.82) is 0 Å². The predicted octanol–water partition coefficient (Wildman–Crippen LogP) is 0.533. The van der Waals surface area contributed by atoms with Crippen LogP contribution in [0.1, 0.15) is 24.1 Å². The third-order valence-electron chi connectivity index (χ3n) is 3.44. The summed E-state index contributed by atoms with van der Waals surface area (Å²) in [6.45, 7) is 3.33. The van der Waals surface area contributed by atoms with Gasteiger partial charge in [0.15, 0.2) is 11.5 Å². The number of nitrogens with one attached hydrogen (secondary N) is 1. The molecule has 1 aromatic carbocycles. The second-order valence-electron chi connectivity index (χ2n) is 4.29. The quantitative estimate of drug-likeness (QED) is 0.706. The van der Waals surface area contributed by atoms with E-state index in [1.807, 2.05) is 12.1 Å². The standard InChI is InChI=1S/C12H17NO2/c1-8-10-7-11(14)12(15-3)6-9(10)4-5-13(8)2/h6-8,14H,4-5H2,1-3H3/p+1/t8-/m1/s1. The summed E-state index contributed by atoms with van der Waals surface area (Å²) in [5, 5.41) is 9.74. The van der Waals surface area contributed by atoms with E-state index in [0.717, 1.165) is 13.0 Å². The topological polar surface area (TPSA) is 33.9 Å². The van der Waals surface area contributed by atoms with E-state index in [1.54, 1.807) is 7.11 Å². The molecular weight excluding hydrogens is 190 g/mol. The van der Waals surface area contributed by atoms with Crippen LogP contribution in [0.25, 0.3) is 0 Å². The average molecular weight is 208 g/mol. The molecule has 2 rings (SSSR count). The van der Waals surface area contributed by atoms with Crippen molar-refractivity contribution < 1.29 is 14.7 Å². The smallest absolute Gasteiger partial charge is 0.160 e. The minimum atomic E-state index is 0.248. The van der Waals surface area contributed by atoms with Gasteiger partial charge in [0, 0.05) is 12.0 Å². The molecule has 0 amide bonds. The van der Waals surface area contributed by atoms with Gasteiger partial charge >= 0.3 is 0 Å². The van der Waals surface area contributed by atoms with E-state index in [9.17, 15) is 5.11 Å². The number of hydrogen-bond acceptors (Lipinski definition) is 2. The number of fused-ring (bicyclic) bond motifs is 1. The first kappa shape index (κ1) is 10.3. The molecule has 1 aromatic rings. The average Bonchev–Trinajstić information content (AvgIpc) is 2.24. The number of ether oxygens (including phenoxy) is 1. The maximum absolute atomic E-state index is 9.74. The Morgan fingerprint density at radius 3 is 2.87 bits per heavy atom. The second-order valence-corrected chi connectivity index (χ2v) is 4.29. The first-order valence-electron chi connectivity index (χ1n) is 5.35. The SMILES string of the molecule is COc1cc2c(cc1O)[C@@H](C)[NH+](C)CC2. The number of rotatable bonds is 1. The van der Waals surface area contributed by atoms with E-state index in [-0.39, 0.29) is 5.75 Å². The fourth-order valence-electron chi connectivity index (χ4n) is 2.22. The van der Waals surface area contributed by atoms with Gasteiger partial charge in [0.2, 0.25) is 0 Å². The lowest BCUT2D eigenvalue weighted by atomic mass is 9.93. The zero-order chi connectivity index (χ0) is 11.0. The third-order valence-corrected chi connectivity index (χ3v) is 3.44. The van der Waals surface area contributed by atoms with Crippen molar-refractivity contribution in [2.24, 2.45) is 0 Å². The highest BCUT2D eigenvalue weighted by Crippen LogP contribution is 2.32. The highest BCUT2D eigenvalue weighted by Gasteiger charge is 2.25. The van der Waals surface area contributed by atoms with Crippen LogP contribution in [-0.4, -0.2) is 25.8 Å². The number of benzene rings is 1. The van der Waals surface area contributed by atoms with Crippen molar-refractivity contribution in [1.82, 2.24) is 0 Å². The Morgan fingerprint density at radius 2 is 2.20 bits per heavy atom. The molecule has 1 unspecified atom stereocenters. The number of phenolic OH excluding ortho intramolecular Hbond substituents is 1. The van der Waals surface area contributed by atoms with Crippen LogP contribution in [0.5, 0.6) is 11.5 Å². The van der Waals surface area contributed by atoms with Crippen molar-refractivity contribution in [3.05, 3.63) is 23.3 Å². The number of phenols is 1. The van der Waals surface area contributed by atoms with E-state index < -0.39 is 0 Å². The Labute approximate surface area is 90.3 Å². The molecule has 15 heavy (non-hydrogen) atoms. The zero-order valence-corrected chi connectivity index (χ0v) is 9.50. The summed E-state index contributed by atoms with van der Waals surface area (Å²) in [6.07, 6.45) is 1.06. The Kier molecular flexibility index (Phi) is 2.57. The van der Waals surface area contributed by atoms with Crippen molar-refractivity contribution in [2.45, 2.75) is 19.4 Å². The summed E-state index contributed by atoms with van der Waals surface area (Å²) >= 11 is 0. The molecule has 0 aliphatic carbocycles. The van der Waals surface area contributed by atoms with Gasteiger partial charge in [-0.3, -0.25) is 0 Å². The van der Waals surface area contributed by atoms with E-state index in [0.29, 0.717) is 11.8 Å². The molecule has 1 heterocycles. The van der Waals surface area contributed by atoms with Gasteiger partial charge in [-0.05, 0) is 24.6 Å². The summed E-state index contributed by atoms with van der Waals surface area (Å²) in [7, 11) is 3.78. The summed E-state index contributed by atoms with van der Waals surface area (Å²) < 4.78 is 5.12. The van der Waals surface area contributed by atoms with Crippen LogP contribution >= 0.6 is 0 Å². The first-order valence-corrected chi connectivity index (χ1v) is 5.35. The van der Waals surface area contributed by atoms with Gasteiger partial charge in [-0.2, -0.15) is 0 Å². The van der Waals surface area contributed by atoms with Crippen LogP contribution in [-0.2, 0) is 6.42 Å². The van der Waals surface area contributed by atoms with Gasteiger partial charge in [-0.25, -0.2) is 0 Å². The van der Waals surface area contributed by atoms with E-state index in [1.165, 1.54) is 16.0 Å². The second kappa shape index (κ2) is 3.74. The lowest BCUT2D eigenvalue weighted by Gasteiger charge is -2.29. The Bertz CT molecular complexity index is 376. The van der Waals surface area contributed by atoms with Crippen LogP contribution in [0, 0.1) is 0 Å². The molecule has 0 fully saturated rings. The monoisotopic (exact) mass is 208 g/mol. The van der Waals surface area contributed by atoms with E-state index >= 15 is 0 Å². The van der Waals surface area contributed by atoms with Crippen LogP contribution in [0.15, 0.2) is 12.1 Å². The minimum absolute atomic E-state index is 0.248. The number of methoxy groups -OCH3 is 1. The van der Waals surface area contributed by atoms with Crippen molar-refractivity contribution in [2.75, 3.05) is 20.7 Å². The molecule has 3 nitrogen and oxygen atoms in total. The largest absolute Gasteiger partial charge is 0.504 e. The molecule has 1 aliphatic rings. The van der Waals surface area contributed by atoms with Gasteiger partial charge in [-0.1, -0.05) is 0 Å². The Hall–Kier alpha value is -1.22. The number of aromatic hydroxyl groups is 1. The molecule has 2 N–H and O–H groups in total. The predicted molar refractivity (Wildman–Crippen MR) is 58.5 cm³/mol. The van der Waals surface area contributed by atoms with Gasteiger partial charge < -0.3 is 14.7 Å². The highest BCUT2D eigenvalue weighted by atomic mass is 16.5. The van der Waals surface area contributed by atoms with Crippen LogP contribution in [0.2, 0.25) is 0 Å². The van der Waals surface area contributed by atoms with Gasteiger partial charge in [0.05, 0.1) is 20.7 Å². The third kappa shape index (κ3) is 1.67. The van der Waals surface area contributed by atoms with E-state index in [4.69, 9.17) is 4.74 Å². The number of quaternary nitrogens is 1. The summed E-state index contributed by atoms with van der Waals surface area (Å²) in [5.41, 5.74) is 2.56. The molecule has 1 aliphatic heterocycles. The molecule has 0 saturated carbocycles. The van der Waals surface area contributed by atoms with Crippen LogP contribution in [0.4, 0.5) is 0 Å². The van der Waals surface area contributed by atoms with Crippen molar-refractivity contribution in [3.8, 4) is 11.5 Å². The van der Waals surface area contributed by atoms with Gasteiger partial charge in [0.25, 0.3) is 0 Å². The zero-order valence-electron chi connectivity index (χ0n) is 9.50. The summed E-state index contributed by atoms with van der Waals surface area (Å²) in [5.74, 6) is 0.832. The summed E-state index contributed by atoms with van der Waals surface area (Å²) in [4.78, 5) is 1.49. The number of likely N-dealkylation sites (N-methyl/N-ethyl adjacent to an activating group) is 1. The molecule has 0 spiro atoms. The molecule has 0 bridgehead atoms. The first-order chi connectivity index (χ1) is 7.13. The Balaban J connectivity index is 2.47. The highest BCUT2D eigenvalue weighted by molar-refractivity contribution is 5.47. The molecule has 0 saturated heterocycles. The van der Waals surface area contributed by atoms with Gasteiger partial charge in [-0.15, -0.1) is 0 Å². The minimum Gasteiger partial charge on any atom is -0.504 e. The maximum Gasteiger partial charge on any atom is 0.160 e. The fraction of sp³-hybridized carbons (Fsp3) is 0.500. The normalized spacial score (nSPS) is 24.7. The molecule has 0 radical (unpaired) electrons. The van der Waals surface area contributed by atoms with Crippen molar-refractivity contribution >= 4 is 0 Å². The fourth-order valence-corrected chi connectivity index (χ4v) is 2.22. The molecular formula is C12H18NO2+. The lowest BCUT2D eigenvalue weighted by Crippen LogP contribution is -3.10. The van der Waals surface area contributed by atoms with Crippen LogP contribution in [0.3, 0.4) is 0 Å². The molecule has 2 atom stereocenters. The van der Waals surface area contributed by atoms with Gasteiger partial charge in [0.1, 0.15) is 6.04 Å².